The van der Waals surface area contributed by atoms with E-state index in [0.29, 0.717) is 125 Å². The van der Waals surface area contributed by atoms with Crippen molar-refractivity contribution in [2.45, 2.75) is 70.4 Å². The Kier molecular flexibility index (Phi) is 29.4. The normalized spacial score (nSPS) is 14.2. The minimum atomic E-state index is -0.844. The van der Waals surface area contributed by atoms with Gasteiger partial charge in [-0.2, -0.15) is 5.10 Å². The van der Waals surface area contributed by atoms with E-state index < -0.39 is 12.1 Å². The lowest BCUT2D eigenvalue weighted by molar-refractivity contribution is -0.141. The maximum Gasteiger partial charge on any atom is 0.325 e. The number of carbonyl (C=O) groups is 5. The van der Waals surface area contributed by atoms with Crippen molar-refractivity contribution in [3.05, 3.63) is 132 Å². The average molecular weight is 1200 g/mol. The number of amides is 6. The molecule has 3 aromatic carbocycles. The van der Waals surface area contributed by atoms with E-state index in [1.165, 1.54) is 18.3 Å². The van der Waals surface area contributed by atoms with Gasteiger partial charge in [0.05, 0.1) is 70.6 Å². The van der Waals surface area contributed by atoms with Crippen molar-refractivity contribution in [3.63, 3.8) is 0 Å². The second kappa shape index (κ2) is 37.6. The number of nitrogens with two attached hydrogens (primary N) is 1. The largest absolute Gasteiger partial charge is 0.494 e. The fourth-order valence-electron chi connectivity index (χ4n) is 9.01. The number of aromatic nitrogens is 1. The Labute approximate surface area is 509 Å². The van der Waals surface area contributed by atoms with E-state index in [0.717, 1.165) is 68.7 Å². The number of nitrogens with one attached hydrogen (secondary N) is 4. The zero-order chi connectivity index (χ0) is 61.3. The Morgan fingerprint density at radius 2 is 1.45 bits per heavy atom. The summed E-state index contributed by atoms with van der Waals surface area (Å²) in [6.07, 6.45) is 11.7. The van der Waals surface area contributed by atoms with Crippen LogP contribution in [0.3, 0.4) is 0 Å². The number of anilines is 3. The molecule has 2 heterocycles. The SMILES string of the molecule is C=C/C=C(\C=C)CNC(=O)C(c1ccc(NC(C)=O)cc1)N(C(=O)CCc1ccc(OCCCCN(C)CCOCCOCC/C(C=NCCOCCOc2ccc(NC(=O)Nc3nc(CC(=O)N4CCN(C)CC4)cs3)cc2)=N/N)cc1)C1CC1. The van der Waals surface area contributed by atoms with Crippen LogP contribution >= 0.6 is 11.3 Å². The van der Waals surface area contributed by atoms with Gasteiger partial charge in [0.25, 0.3) is 0 Å². The first-order valence-electron chi connectivity index (χ1n) is 29.3. The minimum Gasteiger partial charge on any atom is -0.494 e. The molecule has 6 rings (SSSR count). The molecule has 4 aromatic rings. The lowest BCUT2D eigenvalue weighted by Crippen LogP contribution is -2.47. The molecular formula is C63H86N12O10S. The molecule has 6 N–H and O–H groups in total. The number of allylic oxidation sites excluding steroid dienone is 2. The molecule has 0 radical (unpaired) electrons. The van der Waals surface area contributed by atoms with Crippen molar-refractivity contribution < 1.29 is 47.7 Å². The first kappa shape index (κ1) is 67.3. The number of hydrogen-bond acceptors (Lipinski definition) is 17. The summed E-state index contributed by atoms with van der Waals surface area (Å²) in [4.78, 5) is 81.6. The van der Waals surface area contributed by atoms with Gasteiger partial charge in [0, 0.05) is 88.0 Å². The summed E-state index contributed by atoms with van der Waals surface area (Å²) < 4.78 is 29.0. The predicted octanol–water partition coefficient (Wildman–Crippen LogP) is 7.14. The molecule has 0 bridgehead atoms. The number of thiazole rings is 1. The molecule has 23 heteroatoms. The Balaban J connectivity index is 0.744. The molecule has 22 nitrogen and oxygen atoms in total. The van der Waals surface area contributed by atoms with E-state index >= 15 is 0 Å². The van der Waals surface area contributed by atoms with Gasteiger partial charge in [-0.05, 0) is 118 Å². The van der Waals surface area contributed by atoms with E-state index in [1.807, 2.05) is 36.2 Å². The molecule has 2 fully saturated rings. The lowest BCUT2D eigenvalue weighted by atomic mass is 10.0. The quantitative estimate of drug-likeness (QED) is 0.00979. The third kappa shape index (κ3) is 25.0. The van der Waals surface area contributed by atoms with Crippen LogP contribution < -0.4 is 36.6 Å². The van der Waals surface area contributed by atoms with Gasteiger partial charge in [-0.1, -0.05) is 55.7 Å². The highest BCUT2D eigenvalue weighted by molar-refractivity contribution is 7.14. The van der Waals surface area contributed by atoms with Crippen molar-refractivity contribution in [3.8, 4) is 11.5 Å². The van der Waals surface area contributed by atoms with Gasteiger partial charge >= 0.3 is 6.03 Å². The molecule has 1 unspecified atom stereocenters. The van der Waals surface area contributed by atoms with Crippen molar-refractivity contribution in [1.29, 1.82) is 0 Å². The Bertz CT molecular complexity index is 2850. The molecule has 1 aliphatic carbocycles. The van der Waals surface area contributed by atoms with E-state index in [-0.39, 0.29) is 49.1 Å². The average Bonchev–Trinajstić information content (AvgIpc) is 2.53. The number of likely N-dealkylation sites (N-methyl/N-ethyl adjacent to an activating group) is 2. The van der Waals surface area contributed by atoms with Crippen molar-refractivity contribution in [2.75, 3.05) is 135 Å². The Hall–Kier alpha value is -7.80. The molecule has 1 saturated heterocycles. The number of aliphatic imine (C=N–C) groups is 1. The number of rotatable bonds is 39. The maximum atomic E-state index is 14.0. The number of unbranched alkanes of at least 4 members (excludes halogenated alkanes) is 1. The molecular weight excluding hydrogens is 1120 g/mol. The van der Waals surface area contributed by atoms with Crippen LogP contribution in [-0.4, -0.2) is 192 Å². The van der Waals surface area contributed by atoms with E-state index in [9.17, 15) is 24.0 Å². The Morgan fingerprint density at radius 1 is 0.791 bits per heavy atom. The van der Waals surface area contributed by atoms with E-state index in [2.05, 4.69) is 66.4 Å². The highest BCUT2D eigenvalue weighted by Gasteiger charge is 2.41. The number of hydrazone groups is 1. The second-order valence-electron chi connectivity index (χ2n) is 20.8. The molecule has 86 heavy (non-hydrogen) atoms. The van der Waals surface area contributed by atoms with Gasteiger partial charge < -0.3 is 65.1 Å². The van der Waals surface area contributed by atoms with E-state index in [4.69, 9.17) is 29.5 Å². The standard InChI is InChI=1S/C63H86N12O10S/c1-6-10-48(7-2)44-66-61(79)60(50-14-16-51(17-15-50)67-47(3)76)75(55-20-21-55)58(77)26-13-49-11-22-56(23-12-49)84-35-9-8-29-72(4)34-38-83-40-39-81-36-27-53(71-64)45-65-28-37-82-41-42-85-57-24-18-52(19-25-57)68-62(80)70-63-69-54(46-86-63)43-59(78)74-32-30-73(5)31-33-74/h6-7,10-12,14-19,22-25,45-46,55,60H,1-2,8-9,13,20-21,26-44,64H2,3-5H3,(H,66,79)(H,67,76)(H2,68,69,70,80)/b48-10+,65-45?,71-53-. The zero-order valence-electron chi connectivity index (χ0n) is 50.1. The number of nitrogens with zero attached hydrogens (tertiary/aromatic N) is 7. The summed E-state index contributed by atoms with van der Waals surface area (Å²) in [7, 11) is 4.12. The molecule has 1 aromatic heterocycles. The number of ether oxygens (including phenoxy) is 5. The fraction of sp³-hybridized carbons (Fsp3) is 0.460. The van der Waals surface area contributed by atoms with Gasteiger partial charge in [-0.3, -0.25) is 29.5 Å². The van der Waals surface area contributed by atoms with Gasteiger partial charge in [0.15, 0.2) is 5.13 Å². The predicted molar refractivity (Wildman–Crippen MR) is 338 cm³/mol. The number of urea groups is 1. The minimum absolute atomic E-state index is 0.0389. The fourth-order valence-corrected chi connectivity index (χ4v) is 9.71. The van der Waals surface area contributed by atoms with Gasteiger partial charge in [0.2, 0.25) is 23.6 Å². The van der Waals surface area contributed by atoms with Crippen molar-refractivity contribution in [2.24, 2.45) is 15.9 Å². The first-order chi connectivity index (χ1) is 41.8. The Morgan fingerprint density at radius 3 is 2.14 bits per heavy atom. The van der Waals surface area contributed by atoms with Crippen LogP contribution in [0.2, 0.25) is 0 Å². The molecule has 6 amide bonds. The molecule has 2 aliphatic rings. The van der Waals surface area contributed by atoms with Crippen molar-refractivity contribution in [1.82, 2.24) is 29.9 Å². The number of benzene rings is 3. The topological polar surface area (TPSA) is 256 Å². The number of aryl methyl sites for hydroxylation is 1. The zero-order valence-corrected chi connectivity index (χ0v) is 50.9. The molecule has 0 spiro atoms. The van der Waals surface area contributed by atoms with Gasteiger partial charge in [0.1, 0.15) is 24.1 Å². The van der Waals surface area contributed by atoms with Gasteiger partial charge in [-0.15, -0.1) is 11.3 Å². The van der Waals surface area contributed by atoms with Crippen LogP contribution in [0, 0.1) is 0 Å². The van der Waals surface area contributed by atoms with Crippen LogP contribution in [-0.2, 0) is 46.2 Å². The number of carbonyl (C=O) groups excluding carboxylic acids is 5. The molecule has 1 aliphatic heterocycles. The monoisotopic (exact) mass is 1200 g/mol. The van der Waals surface area contributed by atoms with Crippen LogP contribution in [0.4, 0.5) is 21.3 Å². The van der Waals surface area contributed by atoms with Crippen LogP contribution in [0.25, 0.3) is 0 Å². The summed E-state index contributed by atoms with van der Waals surface area (Å²) in [6.45, 7) is 18.2. The summed E-state index contributed by atoms with van der Waals surface area (Å²) in [5.41, 5.74) is 4.89. The van der Waals surface area contributed by atoms with Crippen LogP contribution in [0.1, 0.15) is 68.3 Å². The van der Waals surface area contributed by atoms with Crippen molar-refractivity contribution >= 4 is 69.4 Å². The molecule has 1 atom stereocenters. The summed E-state index contributed by atoms with van der Waals surface area (Å²) >= 11 is 1.28. The first-order valence-corrected chi connectivity index (χ1v) is 30.2. The second-order valence-corrected chi connectivity index (χ2v) is 21.7. The highest BCUT2D eigenvalue weighted by atomic mass is 32.1. The third-order valence-corrected chi connectivity index (χ3v) is 14.8. The third-order valence-electron chi connectivity index (χ3n) is 13.9. The number of piperazine rings is 1. The van der Waals surface area contributed by atoms with E-state index in [1.54, 1.807) is 83.3 Å². The lowest BCUT2D eigenvalue weighted by Gasteiger charge is -2.32. The molecule has 1 saturated carbocycles. The highest BCUT2D eigenvalue weighted by Crippen LogP contribution is 2.36. The van der Waals surface area contributed by atoms with Crippen LogP contribution in [0.5, 0.6) is 11.5 Å². The summed E-state index contributed by atoms with van der Waals surface area (Å²) in [5, 5.41) is 17.3. The molecule has 464 valence electrons. The number of hydrogen-bond donors (Lipinski definition) is 5. The van der Waals surface area contributed by atoms with Gasteiger partial charge in [-0.25, -0.2) is 9.78 Å². The smallest absolute Gasteiger partial charge is 0.325 e. The summed E-state index contributed by atoms with van der Waals surface area (Å²) in [6, 6.07) is 20.6. The summed E-state index contributed by atoms with van der Waals surface area (Å²) in [5.74, 6) is 6.43. The maximum absolute atomic E-state index is 14.0. The van der Waals surface area contributed by atoms with Crippen LogP contribution in [0.15, 0.2) is 125 Å².